The third-order valence-electron chi connectivity index (χ3n) is 4.01. The molecular formula is C22H22ClN3O2. The molecule has 0 aliphatic rings. The molecule has 1 amide bonds. The van der Waals surface area contributed by atoms with Crippen LogP contribution in [0.2, 0.25) is 5.02 Å². The summed E-state index contributed by atoms with van der Waals surface area (Å²) in [5.74, 6) is 1.10. The van der Waals surface area contributed by atoms with Crippen LogP contribution in [0.15, 0.2) is 66.7 Å². The highest BCUT2D eigenvalue weighted by atomic mass is 35.5. The smallest absolute Gasteiger partial charge is 0.253 e. The zero-order valence-electron chi connectivity index (χ0n) is 15.5. The minimum absolute atomic E-state index is 0.191. The molecule has 3 rings (SSSR count). The van der Waals surface area contributed by atoms with Crippen LogP contribution >= 0.6 is 11.6 Å². The maximum absolute atomic E-state index is 12.5. The van der Waals surface area contributed by atoms with E-state index in [0.29, 0.717) is 45.7 Å². The van der Waals surface area contributed by atoms with E-state index in [-0.39, 0.29) is 5.91 Å². The highest BCUT2D eigenvalue weighted by molar-refractivity contribution is 6.31. The molecule has 0 heterocycles. The van der Waals surface area contributed by atoms with Gasteiger partial charge in [0.25, 0.3) is 5.91 Å². The van der Waals surface area contributed by atoms with Gasteiger partial charge in [0, 0.05) is 17.3 Å². The quantitative estimate of drug-likeness (QED) is 0.455. The van der Waals surface area contributed by atoms with Gasteiger partial charge in [0.2, 0.25) is 0 Å². The minimum Gasteiger partial charge on any atom is -0.455 e. The van der Waals surface area contributed by atoms with Gasteiger partial charge in [0.1, 0.15) is 5.75 Å². The summed E-state index contributed by atoms with van der Waals surface area (Å²) < 4.78 is 5.98. The number of nitrogen functional groups attached to an aromatic ring is 1. The maximum Gasteiger partial charge on any atom is 0.253 e. The Kier molecular flexibility index (Phi) is 6.40. The standard InChI is InChI=1S/C22H22ClN3O2/c1-2-12-25-22(27)18-14-16(24)9-10-19(18)26-20-13-15(23)8-11-21(20)28-17-6-4-3-5-7-17/h3-11,13-14,26H,2,12,24H2,1H3,(H,25,27). The predicted octanol–water partition coefficient (Wildman–Crippen LogP) is 5.60. The summed E-state index contributed by atoms with van der Waals surface area (Å²) in [4.78, 5) is 12.5. The Morgan fingerprint density at radius 2 is 1.82 bits per heavy atom. The topological polar surface area (TPSA) is 76.4 Å². The number of nitrogens with two attached hydrogens (primary N) is 1. The van der Waals surface area contributed by atoms with E-state index in [1.807, 2.05) is 37.3 Å². The maximum atomic E-state index is 12.5. The third kappa shape index (κ3) is 4.96. The zero-order valence-corrected chi connectivity index (χ0v) is 16.3. The normalized spacial score (nSPS) is 10.4. The molecule has 0 aromatic heterocycles. The second kappa shape index (κ2) is 9.15. The van der Waals surface area contributed by atoms with Gasteiger partial charge in [-0.3, -0.25) is 4.79 Å². The first-order chi connectivity index (χ1) is 13.6. The number of hydrogen-bond acceptors (Lipinski definition) is 4. The van der Waals surface area contributed by atoms with Crippen LogP contribution < -0.4 is 21.1 Å². The fraction of sp³-hybridized carbons (Fsp3) is 0.136. The monoisotopic (exact) mass is 395 g/mol. The molecule has 0 aliphatic heterocycles. The Balaban J connectivity index is 1.93. The van der Waals surface area contributed by atoms with Crippen LogP contribution in [-0.2, 0) is 0 Å². The van der Waals surface area contributed by atoms with Crippen molar-refractivity contribution in [1.29, 1.82) is 0 Å². The first-order valence-corrected chi connectivity index (χ1v) is 9.42. The number of amides is 1. The number of carbonyl (C=O) groups excluding carboxylic acids is 1. The van der Waals surface area contributed by atoms with E-state index in [4.69, 9.17) is 22.1 Å². The van der Waals surface area contributed by atoms with Crippen LogP contribution in [0, 0.1) is 0 Å². The summed E-state index contributed by atoms with van der Waals surface area (Å²) in [6.07, 6.45) is 0.847. The predicted molar refractivity (Wildman–Crippen MR) is 115 cm³/mol. The fourth-order valence-electron chi connectivity index (χ4n) is 2.64. The Hall–Kier alpha value is -3.18. The molecule has 4 N–H and O–H groups in total. The summed E-state index contributed by atoms with van der Waals surface area (Å²) in [5.41, 5.74) is 8.12. The average molecular weight is 396 g/mol. The minimum atomic E-state index is -0.191. The van der Waals surface area contributed by atoms with Crippen molar-refractivity contribution in [3.05, 3.63) is 77.3 Å². The lowest BCUT2D eigenvalue weighted by molar-refractivity contribution is 0.0954. The van der Waals surface area contributed by atoms with E-state index in [1.165, 1.54) is 0 Å². The van der Waals surface area contributed by atoms with Crippen molar-refractivity contribution >= 4 is 34.6 Å². The van der Waals surface area contributed by atoms with Crippen molar-refractivity contribution in [2.24, 2.45) is 0 Å². The Labute approximate surface area is 169 Å². The van der Waals surface area contributed by atoms with Crippen LogP contribution in [0.5, 0.6) is 11.5 Å². The number of rotatable bonds is 7. The van der Waals surface area contributed by atoms with Crippen LogP contribution in [0.1, 0.15) is 23.7 Å². The van der Waals surface area contributed by atoms with Crippen molar-refractivity contribution in [1.82, 2.24) is 5.32 Å². The van der Waals surface area contributed by atoms with Crippen LogP contribution in [0.3, 0.4) is 0 Å². The van der Waals surface area contributed by atoms with Crippen molar-refractivity contribution in [2.75, 3.05) is 17.6 Å². The number of ether oxygens (including phenoxy) is 1. The summed E-state index contributed by atoms with van der Waals surface area (Å²) in [6.45, 7) is 2.59. The first kappa shape index (κ1) is 19.6. The van der Waals surface area contributed by atoms with Gasteiger partial charge in [-0.1, -0.05) is 36.7 Å². The van der Waals surface area contributed by atoms with Gasteiger partial charge in [-0.15, -0.1) is 0 Å². The summed E-state index contributed by atoms with van der Waals surface area (Å²) in [6, 6.07) is 19.9. The number of nitrogens with one attached hydrogen (secondary N) is 2. The van der Waals surface area contributed by atoms with Crippen LogP contribution in [0.4, 0.5) is 17.1 Å². The number of anilines is 3. The molecule has 3 aromatic rings. The lowest BCUT2D eigenvalue weighted by atomic mass is 10.1. The molecule has 0 fully saturated rings. The number of halogens is 1. The molecule has 0 spiro atoms. The summed E-state index contributed by atoms with van der Waals surface area (Å²) in [7, 11) is 0. The van der Waals surface area contributed by atoms with E-state index in [2.05, 4.69) is 10.6 Å². The van der Waals surface area contributed by atoms with Gasteiger partial charge in [0.05, 0.1) is 16.9 Å². The molecule has 5 nitrogen and oxygen atoms in total. The summed E-state index contributed by atoms with van der Waals surface area (Å²) in [5, 5.41) is 6.69. The molecule has 0 unspecified atom stereocenters. The highest BCUT2D eigenvalue weighted by Gasteiger charge is 2.14. The first-order valence-electron chi connectivity index (χ1n) is 9.04. The molecule has 0 bridgehead atoms. The molecule has 0 aliphatic carbocycles. The second-order valence-corrected chi connectivity index (χ2v) is 6.68. The van der Waals surface area contributed by atoms with Crippen molar-refractivity contribution in [2.45, 2.75) is 13.3 Å². The van der Waals surface area contributed by atoms with Crippen molar-refractivity contribution in [3.63, 3.8) is 0 Å². The Bertz CT molecular complexity index is 961. The van der Waals surface area contributed by atoms with Crippen LogP contribution in [0.25, 0.3) is 0 Å². The van der Waals surface area contributed by atoms with Crippen molar-refractivity contribution in [3.8, 4) is 11.5 Å². The van der Waals surface area contributed by atoms with E-state index in [0.717, 1.165) is 6.42 Å². The molecule has 28 heavy (non-hydrogen) atoms. The Morgan fingerprint density at radius 1 is 1.04 bits per heavy atom. The van der Waals surface area contributed by atoms with Crippen molar-refractivity contribution < 1.29 is 9.53 Å². The number of para-hydroxylation sites is 1. The van der Waals surface area contributed by atoms with Gasteiger partial charge in [0.15, 0.2) is 5.75 Å². The van der Waals surface area contributed by atoms with E-state index < -0.39 is 0 Å². The van der Waals surface area contributed by atoms with Gasteiger partial charge in [-0.2, -0.15) is 0 Å². The molecule has 0 radical (unpaired) electrons. The fourth-order valence-corrected chi connectivity index (χ4v) is 2.81. The lowest BCUT2D eigenvalue weighted by Gasteiger charge is -2.16. The Morgan fingerprint density at radius 3 is 2.57 bits per heavy atom. The van der Waals surface area contributed by atoms with Crippen LogP contribution in [-0.4, -0.2) is 12.5 Å². The number of benzene rings is 3. The van der Waals surface area contributed by atoms with Gasteiger partial charge < -0.3 is 21.1 Å². The van der Waals surface area contributed by atoms with E-state index in [1.54, 1.807) is 36.4 Å². The van der Waals surface area contributed by atoms with E-state index in [9.17, 15) is 4.79 Å². The molecule has 3 aromatic carbocycles. The zero-order chi connectivity index (χ0) is 19.9. The summed E-state index contributed by atoms with van der Waals surface area (Å²) >= 11 is 6.19. The molecule has 0 saturated heterocycles. The molecule has 0 atom stereocenters. The highest BCUT2D eigenvalue weighted by Crippen LogP contribution is 2.35. The number of hydrogen-bond donors (Lipinski definition) is 3. The molecular weight excluding hydrogens is 374 g/mol. The SMILES string of the molecule is CCCNC(=O)c1cc(N)ccc1Nc1cc(Cl)ccc1Oc1ccccc1. The average Bonchev–Trinajstić information content (AvgIpc) is 2.70. The van der Waals surface area contributed by atoms with Gasteiger partial charge in [-0.05, 0) is 55.0 Å². The largest absolute Gasteiger partial charge is 0.455 e. The van der Waals surface area contributed by atoms with Gasteiger partial charge >= 0.3 is 0 Å². The van der Waals surface area contributed by atoms with E-state index >= 15 is 0 Å². The number of carbonyl (C=O) groups is 1. The third-order valence-corrected chi connectivity index (χ3v) is 4.24. The second-order valence-electron chi connectivity index (χ2n) is 6.24. The molecule has 144 valence electrons. The molecule has 0 saturated carbocycles. The van der Waals surface area contributed by atoms with Gasteiger partial charge in [-0.25, -0.2) is 0 Å². The molecule has 6 heteroatoms. The lowest BCUT2D eigenvalue weighted by Crippen LogP contribution is -2.25.